The van der Waals surface area contributed by atoms with Crippen LogP contribution in [0.2, 0.25) is 0 Å². The normalized spacial score (nSPS) is 14.3. The number of nitro groups is 2. The lowest BCUT2D eigenvalue weighted by Crippen LogP contribution is -2.33. The Morgan fingerprint density at radius 2 is 1.46 bits per heavy atom. The first kappa shape index (κ1) is 22.0. The van der Waals surface area contributed by atoms with Gasteiger partial charge in [0.1, 0.15) is 0 Å². The predicted molar refractivity (Wildman–Crippen MR) is 105 cm³/mol. The Balaban J connectivity index is 2.72. The molecule has 0 N–H and O–H groups in total. The quantitative estimate of drug-likeness (QED) is 0.401. The third-order valence-corrected chi connectivity index (χ3v) is 6.62. The van der Waals surface area contributed by atoms with Gasteiger partial charge in [-0.2, -0.15) is 4.31 Å². The van der Waals surface area contributed by atoms with Gasteiger partial charge in [-0.1, -0.05) is 20.8 Å². The molecule has 1 aliphatic rings. The van der Waals surface area contributed by atoms with Crippen molar-refractivity contribution in [2.24, 2.45) is 0 Å². The molecule has 0 bridgehead atoms. The fraction of sp³-hybridized carbons (Fsp3) is 0.647. The number of nitro benzene ring substituents is 2. The van der Waals surface area contributed by atoms with E-state index in [1.807, 2.05) is 13.8 Å². The van der Waals surface area contributed by atoms with E-state index in [0.29, 0.717) is 25.9 Å². The summed E-state index contributed by atoms with van der Waals surface area (Å²) in [5, 5.41) is 23.4. The number of nitrogens with zero attached hydrogens (tertiary/aromatic N) is 4. The van der Waals surface area contributed by atoms with E-state index in [1.165, 1.54) is 4.31 Å². The first-order valence-corrected chi connectivity index (χ1v) is 10.9. The van der Waals surface area contributed by atoms with Gasteiger partial charge in [-0.3, -0.25) is 20.2 Å². The number of anilines is 1. The minimum atomic E-state index is -4.06. The second kappa shape index (κ2) is 8.82. The van der Waals surface area contributed by atoms with Crippen LogP contribution < -0.4 is 4.90 Å². The second-order valence-electron chi connectivity index (χ2n) is 6.75. The van der Waals surface area contributed by atoms with Gasteiger partial charge in [-0.25, -0.2) is 8.42 Å². The first-order valence-electron chi connectivity index (χ1n) is 9.42. The topological polar surface area (TPSA) is 127 Å². The van der Waals surface area contributed by atoms with Crippen LogP contribution in [0.4, 0.5) is 17.1 Å². The molecule has 0 aromatic heterocycles. The molecule has 0 spiro atoms. The van der Waals surface area contributed by atoms with Gasteiger partial charge >= 0.3 is 11.4 Å². The minimum absolute atomic E-state index is 0.132. The lowest BCUT2D eigenvalue weighted by Gasteiger charge is -2.24. The minimum Gasteiger partial charge on any atom is -0.360 e. The maximum Gasteiger partial charge on any atom is 0.301 e. The molecule has 2 rings (SSSR count). The molecule has 0 saturated heterocycles. The zero-order valence-corrected chi connectivity index (χ0v) is 17.1. The van der Waals surface area contributed by atoms with Crippen molar-refractivity contribution in [3.05, 3.63) is 32.4 Å². The Morgan fingerprint density at radius 1 is 1.00 bits per heavy atom. The second-order valence-corrected chi connectivity index (χ2v) is 8.64. The van der Waals surface area contributed by atoms with Crippen LogP contribution in [0, 0.1) is 20.2 Å². The highest BCUT2D eigenvalue weighted by Crippen LogP contribution is 2.42. The average Bonchev–Trinajstić information content (AvgIpc) is 3.45. The number of benzene rings is 1. The molecular formula is C17H26N4O6S. The molecule has 28 heavy (non-hydrogen) atoms. The highest BCUT2D eigenvalue weighted by atomic mass is 32.2. The molecule has 0 atom stereocenters. The Hall–Kier alpha value is -2.27. The molecule has 11 heteroatoms. The fourth-order valence-corrected chi connectivity index (χ4v) is 5.06. The Labute approximate surface area is 164 Å². The van der Waals surface area contributed by atoms with Gasteiger partial charge in [0, 0.05) is 37.8 Å². The van der Waals surface area contributed by atoms with E-state index in [1.54, 1.807) is 11.8 Å². The van der Waals surface area contributed by atoms with Crippen LogP contribution in [0.1, 0.15) is 46.5 Å². The molecule has 1 aromatic carbocycles. The molecule has 1 aliphatic carbocycles. The van der Waals surface area contributed by atoms with Crippen LogP contribution in [-0.2, 0) is 10.0 Å². The van der Waals surface area contributed by atoms with Crippen molar-refractivity contribution in [2.75, 3.05) is 24.5 Å². The van der Waals surface area contributed by atoms with Gasteiger partial charge < -0.3 is 4.90 Å². The van der Waals surface area contributed by atoms with E-state index in [2.05, 4.69) is 0 Å². The van der Waals surface area contributed by atoms with Crippen LogP contribution in [0.15, 0.2) is 17.0 Å². The average molecular weight is 414 g/mol. The summed E-state index contributed by atoms with van der Waals surface area (Å²) in [4.78, 5) is 23.1. The van der Waals surface area contributed by atoms with E-state index < -0.39 is 36.1 Å². The van der Waals surface area contributed by atoms with Crippen molar-refractivity contribution in [3.8, 4) is 0 Å². The van der Waals surface area contributed by atoms with Crippen LogP contribution in [0.25, 0.3) is 0 Å². The van der Waals surface area contributed by atoms with Crippen LogP contribution in [-0.4, -0.2) is 48.2 Å². The fourth-order valence-electron chi connectivity index (χ4n) is 3.33. The van der Waals surface area contributed by atoms with Crippen molar-refractivity contribution in [1.29, 1.82) is 0 Å². The summed E-state index contributed by atoms with van der Waals surface area (Å²) in [6, 6.07) is 1.77. The van der Waals surface area contributed by atoms with Crippen molar-refractivity contribution in [1.82, 2.24) is 4.31 Å². The first-order chi connectivity index (χ1) is 13.2. The molecule has 0 unspecified atom stereocenters. The summed E-state index contributed by atoms with van der Waals surface area (Å²) in [5.74, 6) is 0. The van der Waals surface area contributed by atoms with Crippen molar-refractivity contribution in [2.45, 2.75) is 57.4 Å². The monoisotopic (exact) mass is 414 g/mol. The predicted octanol–water partition coefficient (Wildman–Crippen LogP) is 3.30. The van der Waals surface area contributed by atoms with E-state index in [4.69, 9.17) is 0 Å². The molecule has 10 nitrogen and oxygen atoms in total. The van der Waals surface area contributed by atoms with Crippen LogP contribution in [0.3, 0.4) is 0 Å². The van der Waals surface area contributed by atoms with E-state index >= 15 is 0 Å². The van der Waals surface area contributed by atoms with Crippen LogP contribution >= 0.6 is 0 Å². The lowest BCUT2D eigenvalue weighted by atomic mass is 10.2. The molecule has 0 aliphatic heterocycles. The number of hydrogen-bond donors (Lipinski definition) is 0. The largest absolute Gasteiger partial charge is 0.360 e. The molecule has 0 amide bonds. The molecular weight excluding hydrogens is 388 g/mol. The molecule has 1 saturated carbocycles. The maximum absolute atomic E-state index is 13.0. The molecule has 156 valence electrons. The molecule has 1 aromatic rings. The summed E-state index contributed by atoms with van der Waals surface area (Å²) >= 11 is 0. The van der Waals surface area contributed by atoms with Gasteiger partial charge in [0.2, 0.25) is 10.0 Å². The molecule has 1 fully saturated rings. The van der Waals surface area contributed by atoms with Gasteiger partial charge in [0.05, 0.1) is 14.7 Å². The van der Waals surface area contributed by atoms with E-state index in [0.717, 1.165) is 25.0 Å². The summed E-state index contributed by atoms with van der Waals surface area (Å²) in [7, 11) is -4.06. The van der Waals surface area contributed by atoms with Gasteiger partial charge in [-0.05, 0) is 25.7 Å². The van der Waals surface area contributed by atoms with E-state index in [9.17, 15) is 28.6 Å². The van der Waals surface area contributed by atoms with Gasteiger partial charge in [-0.15, -0.1) is 0 Å². The van der Waals surface area contributed by atoms with Crippen LogP contribution in [0.5, 0.6) is 0 Å². The Morgan fingerprint density at radius 3 is 1.79 bits per heavy atom. The van der Waals surface area contributed by atoms with Crippen molar-refractivity contribution >= 4 is 27.1 Å². The summed E-state index contributed by atoms with van der Waals surface area (Å²) in [6.45, 7) is 6.41. The number of rotatable bonds is 11. The third-order valence-electron chi connectivity index (χ3n) is 4.61. The Kier molecular flexibility index (Phi) is 6.94. The Bertz CT molecular complexity index is 812. The smallest absolute Gasteiger partial charge is 0.301 e. The highest BCUT2D eigenvalue weighted by molar-refractivity contribution is 7.89. The zero-order valence-electron chi connectivity index (χ0n) is 16.3. The van der Waals surface area contributed by atoms with Gasteiger partial charge in [0.15, 0.2) is 5.69 Å². The standard InChI is InChI=1S/C17H26N4O6S/c1-4-9-18(10-5-2)17-15(20(22)23)11-14(12-16(17)21(24)25)28(26,27)19(6-3)13-7-8-13/h11-13H,4-10H2,1-3H3. The summed E-state index contributed by atoms with van der Waals surface area (Å²) in [5.41, 5.74) is -1.24. The number of sulfonamides is 1. The third kappa shape index (κ3) is 4.41. The molecule has 0 radical (unpaired) electrons. The zero-order chi connectivity index (χ0) is 21.1. The van der Waals surface area contributed by atoms with Crippen molar-refractivity contribution in [3.63, 3.8) is 0 Å². The maximum atomic E-state index is 13.0. The molecule has 0 heterocycles. The highest BCUT2D eigenvalue weighted by Gasteiger charge is 2.40. The summed E-state index contributed by atoms with van der Waals surface area (Å²) in [6.07, 6.45) is 2.71. The lowest BCUT2D eigenvalue weighted by molar-refractivity contribution is -0.393. The SMILES string of the molecule is CCCN(CCC)c1c([N+](=O)[O-])cc(S(=O)(=O)N(CC)C2CC2)cc1[N+](=O)[O-]. The van der Waals surface area contributed by atoms with Crippen molar-refractivity contribution < 1.29 is 18.3 Å². The summed E-state index contributed by atoms with van der Waals surface area (Å²) < 4.78 is 27.2. The number of hydrogen-bond acceptors (Lipinski definition) is 7. The van der Waals surface area contributed by atoms with Gasteiger partial charge in [0.25, 0.3) is 0 Å². The van der Waals surface area contributed by atoms with E-state index in [-0.39, 0.29) is 18.3 Å².